The molecular formula is C14H13N2O5P. The van der Waals surface area contributed by atoms with Crippen molar-refractivity contribution in [2.45, 2.75) is 6.92 Å². The van der Waals surface area contributed by atoms with E-state index < -0.39 is 7.82 Å². The van der Waals surface area contributed by atoms with Crippen molar-refractivity contribution in [3.8, 4) is 5.75 Å². The monoisotopic (exact) mass is 320 g/mol. The van der Waals surface area contributed by atoms with Crippen molar-refractivity contribution in [2.24, 2.45) is 0 Å². The Kier molecular flexibility index (Phi) is 3.29. The molecule has 0 saturated carbocycles. The number of rotatable bonds is 3. The molecule has 2 aromatic rings. The van der Waals surface area contributed by atoms with E-state index in [1.165, 1.54) is 6.92 Å². The Morgan fingerprint density at radius 2 is 2.14 bits per heavy atom. The minimum absolute atomic E-state index is 0.116. The number of hydrogen-bond acceptors (Lipinski definition) is 5. The average molecular weight is 320 g/mol. The summed E-state index contributed by atoms with van der Waals surface area (Å²) in [5.41, 5.74) is 1.18. The first kappa shape index (κ1) is 14.7. The van der Waals surface area contributed by atoms with Crippen LogP contribution in [0.5, 0.6) is 5.75 Å². The Bertz CT molecular complexity index is 871. The Hall–Kier alpha value is -2.21. The maximum absolute atomic E-state index is 11.9. The number of phosphoric acid groups is 1. The van der Waals surface area contributed by atoms with Gasteiger partial charge in [0.05, 0.1) is 16.9 Å². The van der Waals surface area contributed by atoms with Crippen molar-refractivity contribution in [3.63, 3.8) is 0 Å². The highest BCUT2D eigenvalue weighted by Crippen LogP contribution is 2.49. The van der Waals surface area contributed by atoms with Gasteiger partial charge < -0.3 is 9.42 Å². The summed E-state index contributed by atoms with van der Waals surface area (Å²) in [6.07, 6.45) is 5.09. The van der Waals surface area contributed by atoms with Gasteiger partial charge in [0.25, 0.3) is 0 Å². The quantitative estimate of drug-likeness (QED) is 0.661. The minimum atomic E-state index is -4.81. The van der Waals surface area contributed by atoms with Crippen LogP contribution in [0.15, 0.2) is 24.5 Å². The van der Waals surface area contributed by atoms with Crippen LogP contribution in [-0.4, -0.2) is 27.6 Å². The van der Waals surface area contributed by atoms with Gasteiger partial charge in [0.15, 0.2) is 11.5 Å². The SMILES string of the molecule is CC(=O)c1cc2ccnc3c2c(c1OP(=O)(O)O)N(C)C=C3. The van der Waals surface area contributed by atoms with Crippen LogP contribution in [0.25, 0.3) is 16.8 Å². The number of hydrogen-bond donors (Lipinski definition) is 2. The number of phosphoric ester groups is 1. The van der Waals surface area contributed by atoms with Crippen molar-refractivity contribution >= 4 is 36.1 Å². The van der Waals surface area contributed by atoms with Crippen LogP contribution in [0, 0.1) is 0 Å². The van der Waals surface area contributed by atoms with E-state index in [1.54, 1.807) is 42.6 Å². The van der Waals surface area contributed by atoms with Gasteiger partial charge in [-0.25, -0.2) is 4.57 Å². The third-order valence-electron chi connectivity index (χ3n) is 3.41. The molecule has 0 spiro atoms. The van der Waals surface area contributed by atoms with Crippen LogP contribution in [0.4, 0.5) is 5.69 Å². The van der Waals surface area contributed by atoms with Crippen LogP contribution in [0.3, 0.4) is 0 Å². The molecule has 0 radical (unpaired) electrons. The Labute approximate surface area is 126 Å². The molecule has 0 amide bonds. The Morgan fingerprint density at radius 1 is 1.41 bits per heavy atom. The highest BCUT2D eigenvalue weighted by molar-refractivity contribution is 7.46. The molecule has 1 aliphatic heterocycles. The molecule has 0 fully saturated rings. The molecule has 2 heterocycles. The van der Waals surface area contributed by atoms with Gasteiger partial charge in [-0.3, -0.25) is 19.6 Å². The number of ketones is 1. The summed E-state index contributed by atoms with van der Waals surface area (Å²) >= 11 is 0. The number of nitrogens with zero attached hydrogens (tertiary/aromatic N) is 2. The van der Waals surface area contributed by atoms with Crippen LogP contribution in [0.2, 0.25) is 0 Å². The fourth-order valence-corrected chi connectivity index (χ4v) is 2.95. The zero-order chi connectivity index (χ0) is 16.1. The van der Waals surface area contributed by atoms with E-state index in [9.17, 15) is 9.36 Å². The second-order valence-corrected chi connectivity index (χ2v) is 6.12. The molecule has 0 saturated heterocycles. The number of carbonyl (C=O) groups is 1. The summed E-state index contributed by atoms with van der Waals surface area (Å²) in [6, 6.07) is 3.30. The van der Waals surface area contributed by atoms with Crippen molar-refractivity contribution in [2.75, 3.05) is 11.9 Å². The molecule has 0 unspecified atom stereocenters. The van der Waals surface area contributed by atoms with E-state index in [-0.39, 0.29) is 17.1 Å². The molecule has 0 atom stereocenters. The highest BCUT2D eigenvalue weighted by Gasteiger charge is 2.28. The van der Waals surface area contributed by atoms with Gasteiger partial charge in [-0.1, -0.05) is 0 Å². The minimum Gasteiger partial charge on any atom is -0.401 e. The number of anilines is 1. The molecule has 0 aliphatic carbocycles. The molecule has 1 aromatic heterocycles. The van der Waals surface area contributed by atoms with Gasteiger partial charge in [-0.2, -0.15) is 0 Å². The van der Waals surface area contributed by atoms with Gasteiger partial charge in [-0.15, -0.1) is 0 Å². The molecule has 1 aromatic carbocycles. The first-order chi connectivity index (χ1) is 10.3. The van der Waals surface area contributed by atoms with Gasteiger partial charge in [0.1, 0.15) is 0 Å². The zero-order valence-electron chi connectivity index (χ0n) is 11.8. The zero-order valence-corrected chi connectivity index (χ0v) is 12.7. The maximum Gasteiger partial charge on any atom is 0.524 e. The third-order valence-corrected chi connectivity index (χ3v) is 3.83. The molecule has 0 bridgehead atoms. The van der Waals surface area contributed by atoms with Crippen LogP contribution < -0.4 is 9.42 Å². The first-order valence-corrected chi connectivity index (χ1v) is 7.94. The molecule has 2 N–H and O–H groups in total. The van der Waals surface area contributed by atoms with Gasteiger partial charge in [-0.05, 0) is 30.5 Å². The molecule has 7 nitrogen and oxygen atoms in total. The average Bonchev–Trinajstić information content (AvgIpc) is 2.42. The van der Waals surface area contributed by atoms with Crippen LogP contribution in [-0.2, 0) is 4.57 Å². The fourth-order valence-electron chi connectivity index (χ4n) is 2.53. The smallest absolute Gasteiger partial charge is 0.401 e. The van der Waals surface area contributed by atoms with Gasteiger partial charge >= 0.3 is 7.82 Å². The number of pyridine rings is 1. The summed E-state index contributed by atoms with van der Waals surface area (Å²) < 4.78 is 16.1. The predicted molar refractivity (Wildman–Crippen MR) is 81.9 cm³/mol. The van der Waals surface area contributed by atoms with E-state index in [1.807, 2.05) is 0 Å². The second-order valence-electron chi connectivity index (χ2n) is 4.96. The summed E-state index contributed by atoms with van der Waals surface area (Å²) in [5.74, 6) is -0.475. The van der Waals surface area contributed by atoms with E-state index >= 15 is 0 Å². The fraction of sp³-hybridized carbons (Fsp3) is 0.143. The second kappa shape index (κ2) is 4.91. The summed E-state index contributed by atoms with van der Waals surface area (Å²) in [6.45, 7) is 1.32. The lowest BCUT2D eigenvalue weighted by Gasteiger charge is -2.26. The van der Waals surface area contributed by atoms with Crippen molar-refractivity contribution < 1.29 is 23.7 Å². The largest absolute Gasteiger partial charge is 0.524 e. The number of benzene rings is 1. The lowest BCUT2D eigenvalue weighted by Crippen LogP contribution is -2.15. The topological polar surface area (TPSA) is 100.0 Å². The van der Waals surface area contributed by atoms with Gasteiger partial charge in [0.2, 0.25) is 0 Å². The lowest BCUT2D eigenvalue weighted by molar-refractivity contribution is 0.101. The molecular weight excluding hydrogens is 307 g/mol. The predicted octanol–water partition coefficient (Wildman–Crippen LogP) is 2.33. The Balaban J connectivity index is 2.44. The first-order valence-electron chi connectivity index (χ1n) is 6.41. The maximum atomic E-state index is 11.9. The third kappa shape index (κ3) is 2.39. The highest BCUT2D eigenvalue weighted by atomic mass is 31.2. The van der Waals surface area contributed by atoms with Crippen molar-refractivity contribution in [1.29, 1.82) is 0 Å². The summed E-state index contributed by atoms with van der Waals surface area (Å²) in [5, 5.41) is 1.43. The van der Waals surface area contributed by atoms with E-state index in [0.717, 1.165) is 5.39 Å². The van der Waals surface area contributed by atoms with E-state index in [2.05, 4.69) is 4.98 Å². The number of aromatic nitrogens is 1. The van der Waals surface area contributed by atoms with E-state index in [4.69, 9.17) is 14.3 Å². The molecule has 8 heteroatoms. The van der Waals surface area contributed by atoms with E-state index in [0.29, 0.717) is 16.8 Å². The van der Waals surface area contributed by atoms with Gasteiger partial charge in [0, 0.05) is 24.8 Å². The number of Topliss-reactive ketones (excluding diaryl/α,β-unsaturated/α-hetero) is 1. The van der Waals surface area contributed by atoms with Crippen molar-refractivity contribution in [1.82, 2.24) is 4.98 Å². The molecule has 22 heavy (non-hydrogen) atoms. The van der Waals surface area contributed by atoms with Crippen molar-refractivity contribution in [3.05, 3.63) is 35.8 Å². The Morgan fingerprint density at radius 3 is 2.77 bits per heavy atom. The van der Waals surface area contributed by atoms with Crippen LogP contribution >= 0.6 is 7.82 Å². The lowest BCUT2D eigenvalue weighted by atomic mass is 9.98. The number of carbonyl (C=O) groups excluding carboxylic acids is 1. The standard InChI is InChI=1S/C14H13N2O5P/c1-8(17)10-7-9-3-5-15-11-4-6-16(2)13(12(9)11)14(10)21-22(18,19)20/h3-7H,1-2H3,(H2,18,19,20). The summed E-state index contributed by atoms with van der Waals surface area (Å²) in [7, 11) is -3.11. The summed E-state index contributed by atoms with van der Waals surface area (Å²) in [4.78, 5) is 36.1. The normalized spacial score (nSPS) is 13.5. The molecule has 1 aliphatic rings. The molecule has 3 rings (SSSR count). The van der Waals surface area contributed by atoms with Crippen LogP contribution in [0.1, 0.15) is 23.0 Å². The molecule has 114 valence electrons.